The predicted octanol–water partition coefficient (Wildman–Crippen LogP) is 1.74. The van der Waals surface area contributed by atoms with E-state index < -0.39 is 22.1 Å². The number of nitrogens with one attached hydrogen (secondary N) is 3. The number of carbonyl (C=O) groups excluding carboxylic acids is 2. The Morgan fingerprint density at radius 1 is 1.07 bits per heavy atom. The van der Waals surface area contributed by atoms with E-state index in [9.17, 15) is 18.0 Å². The highest BCUT2D eigenvalue weighted by atomic mass is 32.2. The number of aromatic nitrogens is 1. The summed E-state index contributed by atoms with van der Waals surface area (Å²) in [6.45, 7) is 3.14. The van der Waals surface area contributed by atoms with Crippen molar-refractivity contribution in [1.29, 1.82) is 0 Å². The monoisotopic (exact) mass is 428 g/mol. The summed E-state index contributed by atoms with van der Waals surface area (Å²) in [5.74, 6) is -0.640. The van der Waals surface area contributed by atoms with Gasteiger partial charge in [0.2, 0.25) is 21.8 Å². The van der Waals surface area contributed by atoms with Gasteiger partial charge in [0.15, 0.2) is 0 Å². The molecular formula is C21H24N4O4S. The zero-order valence-corrected chi connectivity index (χ0v) is 17.5. The first-order valence-electron chi connectivity index (χ1n) is 9.40. The van der Waals surface area contributed by atoms with Gasteiger partial charge in [-0.25, -0.2) is 13.6 Å². The minimum atomic E-state index is -3.78. The van der Waals surface area contributed by atoms with Crippen LogP contribution in [0, 0.1) is 0 Å². The standard InChI is InChI=1S/C21H24N4O4S/c1-13(15-7-9-17(10-8-15)30(22,28)29)24-21(27)20(25-14(2)26)11-16-12-23-19-6-4-3-5-18(16)19/h3-10,12-13,20,23H,11H2,1-2H3,(H,24,27)(H,25,26)(H2,22,28,29). The van der Waals surface area contributed by atoms with Crippen molar-refractivity contribution in [1.82, 2.24) is 15.6 Å². The van der Waals surface area contributed by atoms with Gasteiger partial charge in [0, 0.05) is 30.4 Å². The lowest BCUT2D eigenvalue weighted by atomic mass is 10.0. The summed E-state index contributed by atoms with van der Waals surface area (Å²) >= 11 is 0. The Morgan fingerprint density at radius 2 is 1.73 bits per heavy atom. The summed E-state index contributed by atoms with van der Waals surface area (Å²) in [5.41, 5.74) is 2.59. The van der Waals surface area contributed by atoms with E-state index >= 15 is 0 Å². The Bertz CT molecular complexity index is 1170. The zero-order valence-electron chi connectivity index (χ0n) is 16.7. The molecular weight excluding hydrogens is 404 g/mol. The van der Waals surface area contributed by atoms with Crippen LogP contribution in [0.4, 0.5) is 0 Å². The fourth-order valence-electron chi connectivity index (χ4n) is 3.32. The van der Waals surface area contributed by atoms with Crippen LogP contribution in [0.25, 0.3) is 10.9 Å². The number of sulfonamides is 1. The fraction of sp³-hybridized carbons (Fsp3) is 0.238. The molecule has 2 amide bonds. The molecule has 0 fully saturated rings. The van der Waals surface area contributed by atoms with Crippen LogP contribution in [0.1, 0.15) is 31.0 Å². The molecule has 8 nitrogen and oxygen atoms in total. The predicted molar refractivity (Wildman–Crippen MR) is 114 cm³/mol. The number of fused-ring (bicyclic) bond motifs is 1. The first-order chi connectivity index (χ1) is 14.1. The third-order valence-electron chi connectivity index (χ3n) is 4.86. The molecule has 3 rings (SSSR count). The number of primary sulfonamides is 1. The molecule has 0 aliphatic rings. The molecule has 2 atom stereocenters. The molecule has 9 heteroatoms. The number of rotatable bonds is 7. The highest BCUT2D eigenvalue weighted by Crippen LogP contribution is 2.20. The number of hydrogen-bond acceptors (Lipinski definition) is 4. The van der Waals surface area contributed by atoms with Crippen LogP contribution in [0.15, 0.2) is 59.6 Å². The van der Waals surface area contributed by atoms with E-state index in [1.54, 1.807) is 19.1 Å². The fourth-order valence-corrected chi connectivity index (χ4v) is 3.83. The largest absolute Gasteiger partial charge is 0.361 e. The minimum Gasteiger partial charge on any atom is -0.361 e. The van der Waals surface area contributed by atoms with E-state index in [1.807, 2.05) is 30.5 Å². The smallest absolute Gasteiger partial charge is 0.243 e. The Morgan fingerprint density at radius 3 is 2.37 bits per heavy atom. The van der Waals surface area contributed by atoms with Crippen LogP contribution < -0.4 is 15.8 Å². The van der Waals surface area contributed by atoms with Crippen molar-refractivity contribution in [2.75, 3.05) is 0 Å². The highest BCUT2D eigenvalue weighted by molar-refractivity contribution is 7.89. The Balaban J connectivity index is 1.75. The maximum Gasteiger partial charge on any atom is 0.243 e. The molecule has 30 heavy (non-hydrogen) atoms. The van der Waals surface area contributed by atoms with Crippen molar-refractivity contribution in [3.63, 3.8) is 0 Å². The van der Waals surface area contributed by atoms with Gasteiger partial charge < -0.3 is 15.6 Å². The molecule has 0 aliphatic heterocycles. The molecule has 2 aromatic carbocycles. The minimum absolute atomic E-state index is 0.000218. The maximum absolute atomic E-state index is 12.9. The first kappa shape index (κ1) is 21.5. The number of carbonyl (C=O) groups is 2. The van der Waals surface area contributed by atoms with Gasteiger partial charge >= 0.3 is 0 Å². The van der Waals surface area contributed by atoms with Crippen LogP contribution in [0.2, 0.25) is 0 Å². The lowest BCUT2D eigenvalue weighted by Gasteiger charge is -2.21. The summed E-state index contributed by atoms with van der Waals surface area (Å²) in [6.07, 6.45) is 2.16. The normalized spacial score (nSPS) is 13.6. The van der Waals surface area contributed by atoms with Gasteiger partial charge in [0.05, 0.1) is 10.9 Å². The van der Waals surface area contributed by atoms with Crippen molar-refractivity contribution in [3.8, 4) is 0 Å². The molecule has 0 spiro atoms. The zero-order chi connectivity index (χ0) is 21.9. The molecule has 3 aromatic rings. The number of H-pyrrole nitrogens is 1. The second-order valence-corrected chi connectivity index (χ2v) is 8.72. The number of aromatic amines is 1. The summed E-state index contributed by atoms with van der Waals surface area (Å²) in [5, 5.41) is 11.7. The second-order valence-electron chi connectivity index (χ2n) is 7.16. The van der Waals surface area contributed by atoms with E-state index in [4.69, 9.17) is 5.14 Å². The van der Waals surface area contributed by atoms with E-state index in [0.717, 1.165) is 16.5 Å². The summed E-state index contributed by atoms with van der Waals surface area (Å²) in [6, 6.07) is 12.6. The lowest BCUT2D eigenvalue weighted by Crippen LogP contribution is -2.47. The molecule has 5 N–H and O–H groups in total. The van der Waals surface area contributed by atoms with Gasteiger partial charge in [0.25, 0.3) is 0 Å². The highest BCUT2D eigenvalue weighted by Gasteiger charge is 2.23. The molecule has 0 bridgehead atoms. The topological polar surface area (TPSA) is 134 Å². The summed E-state index contributed by atoms with van der Waals surface area (Å²) < 4.78 is 22.8. The first-order valence-corrected chi connectivity index (χ1v) is 10.9. The van der Waals surface area contributed by atoms with E-state index in [1.165, 1.54) is 19.1 Å². The van der Waals surface area contributed by atoms with Crippen molar-refractivity contribution in [2.45, 2.75) is 37.2 Å². The third-order valence-corrected chi connectivity index (χ3v) is 5.79. The average Bonchev–Trinajstić information content (AvgIpc) is 3.09. The lowest BCUT2D eigenvalue weighted by molar-refractivity contribution is -0.128. The van der Waals surface area contributed by atoms with Crippen molar-refractivity contribution < 1.29 is 18.0 Å². The van der Waals surface area contributed by atoms with Gasteiger partial charge in [-0.15, -0.1) is 0 Å². The number of benzene rings is 2. The average molecular weight is 429 g/mol. The molecule has 1 heterocycles. The van der Waals surface area contributed by atoms with Crippen LogP contribution in [-0.4, -0.2) is 31.3 Å². The second kappa shape index (κ2) is 8.68. The number of para-hydroxylation sites is 1. The van der Waals surface area contributed by atoms with Crippen molar-refractivity contribution in [3.05, 3.63) is 65.9 Å². The Kier molecular flexibility index (Phi) is 6.23. The third kappa shape index (κ3) is 5.05. The van der Waals surface area contributed by atoms with E-state index in [-0.39, 0.29) is 16.7 Å². The molecule has 1 aromatic heterocycles. The van der Waals surface area contributed by atoms with E-state index in [0.29, 0.717) is 12.0 Å². The molecule has 158 valence electrons. The molecule has 0 saturated heterocycles. The van der Waals surface area contributed by atoms with Gasteiger partial charge in [-0.2, -0.15) is 0 Å². The van der Waals surface area contributed by atoms with Crippen LogP contribution in [-0.2, 0) is 26.0 Å². The SMILES string of the molecule is CC(=O)NC(Cc1c[nH]c2ccccc12)C(=O)NC(C)c1ccc(S(N)(=O)=O)cc1. The Hall–Kier alpha value is -3.17. The van der Waals surface area contributed by atoms with Gasteiger partial charge in [-0.3, -0.25) is 9.59 Å². The number of amides is 2. The van der Waals surface area contributed by atoms with Crippen LogP contribution >= 0.6 is 0 Å². The molecule has 2 unspecified atom stereocenters. The quantitative estimate of drug-likeness (QED) is 0.456. The van der Waals surface area contributed by atoms with Gasteiger partial charge in [0.1, 0.15) is 6.04 Å². The number of nitrogens with two attached hydrogens (primary N) is 1. The molecule has 0 aliphatic carbocycles. The molecule has 0 radical (unpaired) electrons. The summed E-state index contributed by atoms with van der Waals surface area (Å²) in [7, 11) is -3.78. The van der Waals surface area contributed by atoms with Crippen molar-refractivity contribution >= 4 is 32.7 Å². The Labute approximate surface area is 174 Å². The summed E-state index contributed by atoms with van der Waals surface area (Å²) in [4.78, 5) is 27.7. The van der Waals surface area contributed by atoms with Gasteiger partial charge in [-0.1, -0.05) is 30.3 Å². The molecule has 0 saturated carbocycles. The number of hydrogen-bond donors (Lipinski definition) is 4. The maximum atomic E-state index is 12.9. The van der Waals surface area contributed by atoms with Crippen molar-refractivity contribution in [2.24, 2.45) is 5.14 Å². The van der Waals surface area contributed by atoms with E-state index in [2.05, 4.69) is 15.6 Å². The van der Waals surface area contributed by atoms with Crippen LogP contribution in [0.3, 0.4) is 0 Å². The van der Waals surface area contributed by atoms with Gasteiger partial charge in [-0.05, 0) is 36.2 Å². The van der Waals surface area contributed by atoms with Crippen LogP contribution in [0.5, 0.6) is 0 Å².